The van der Waals surface area contributed by atoms with Crippen molar-refractivity contribution < 1.29 is 9.26 Å². The van der Waals surface area contributed by atoms with Gasteiger partial charge in [-0.2, -0.15) is 0 Å². The maximum Gasteiger partial charge on any atom is 0.257 e. The van der Waals surface area contributed by atoms with Crippen LogP contribution in [0.5, 0.6) is 5.88 Å². The first-order valence-corrected chi connectivity index (χ1v) is 5.33. The summed E-state index contributed by atoms with van der Waals surface area (Å²) >= 11 is 0. The zero-order chi connectivity index (χ0) is 10.1. The van der Waals surface area contributed by atoms with Crippen molar-refractivity contribution in [1.82, 2.24) is 5.16 Å². The molecule has 14 heavy (non-hydrogen) atoms. The summed E-state index contributed by atoms with van der Waals surface area (Å²) in [6.07, 6.45) is 3.62. The van der Waals surface area contributed by atoms with E-state index in [4.69, 9.17) is 9.26 Å². The lowest BCUT2D eigenvalue weighted by Crippen LogP contribution is -2.10. The molecule has 0 radical (unpaired) electrons. The van der Waals surface area contributed by atoms with E-state index in [1.807, 2.05) is 13.8 Å². The van der Waals surface area contributed by atoms with Crippen LogP contribution in [0.15, 0.2) is 4.52 Å². The van der Waals surface area contributed by atoms with Crippen LogP contribution in [0.2, 0.25) is 0 Å². The largest absolute Gasteiger partial charge is 0.473 e. The van der Waals surface area contributed by atoms with Crippen molar-refractivity contribution in [3.05, 3.63) is 11.3 Å². The Morgan fingerprint density at radius 1 is 1.50 bits per heavy atom. The first-order valence-electron chi connectivity index (χ1n) is 5.33. The predicted molar refractivity (Wildman–Crippen MR) is 53.6 cm³/mol. The molecule has 0 bridgehead atoms. The van der Waals surface area contributed by atoms with Crippen LogP contribution in [0.3, 0.4) is 0 Å². The second kappa shape index (κ2) is 3.64. The Labute approximate surface area is 84.4 Å². The molecule has 0 aliphatic heterocycles. The topological polar surface area (TPSA) is 35.3 Å². The Morgan fingerprint density at radius 2 is 2.29 bits per heavy atom. The van der Waals surface area contributed by atoms with Crippen molar-refractivity contribution in [2.24, 2.45) is 0 Å². The molecule has 2 rings (SSSR count). The van der Waals surface area contributed by atoms with Gasteiger partial charge in [-0.1, -0.05) is 6.92 Å². The van der Waals surface area contributed by atoms with Crippen molar-refractivity contribution in [3.8, 4) is 5.88 Å². The standard InChI is InChI=1S/C11H17NO2/c1-7(2)13-11-9-6-4-5-8(3)10(9)14-12-11/h7-8H,4-6H2,1-3H3. The van der Waals surface area contributed by atoms with Crippen LogP contribution in [0, 0.1) is 0 Å². The number of hydrogen-bond acceptors (Lipinski definition) is 3. The van der Waals surface area contributed by atoms with E-state index in [1.54, 1.807) is 0 Å². The molecule has 1 aromatic heterocycles. The number of hydrogen-bond donors (Lipinski definition) is 0. The molecular weight excluding hydrogens is 178 g/mol. The lowest BCUT2D eigenvalue weighted by Gasteiger charge is -2.16. The quantitative estimate of drug-likeness (QED) is 0.727. The summed E-state index contributed by atoms with van der Waals surface area (Å²) < 4.78 is 10.9. The van der Waals surface area contributed by atoms with Crippen LogP contribution >= 0.6 is 0 Å². The van der Waals surface area contributed by atoms with E-state index < -0.39 is 0 Å². The molecule has 78 valence electrons. The first-order chi connectivity index (χ1) is 6.68. The van der Waals surface area contributed by atoms with Gasteiger partial charge in [0.1, 0.15) is 5.76 Å². The van der Waals surface area contributed by atoms with Gasteiger partial charge >= 0.3 is 0 Å². The molecule has 0 fully saturated rings. The van der Waals surface area contributed by atoms with E-state index in [0.717, 1.165) is 12.2 Å². The average molecular weight is 195 g/mol. The maximum atomic E-state index is 5.60. The minimum atomic E-state index is 0.168. The molecule has 0 saturated heterocycles. The summed E-state index contributed by atoms with van der Waals surface area (Å²) in [6.45, 7) is 6.20. The Balaban J connectivity index is 2.26. The molecule has 3 nitrogen and oxygen atoms in total. The fraction of sp³-hybridized carbons (Fsp3) is 0.727. The van der Waals surface area contributed by atoms with E-state index in [-0.39, 0.29) is 6.10 Å². The van der Waals surface area contributed by atoms with Gasteiger partial charge in [0.2, 0.25) is 0 Å². The van der Waals surface area contributed by atoms with Crippen molar-refractivity contribution in [1.29, 1.82) is 0 Å². The van der Waals surface area contributed by atoms with Crippen molar-refractivity contribution in [2.75, 3.05) is 0 Å². The number of fused-ring (bicyclic) bond motifs is 1. The maximum absolute atomic E-state index is 5.60. The van der Waals surface area contributed by atoms with Crippen LogP contribution in [-0.4, -0.2) is 11.3 Å². The van der Waals surface area contributed by atoms with Crippen molar-refractivity contribution >= 4 is 0 Å². The fourth-order valence-electron chi connectivity index (χ4n) is 1.96. The van der Waals surface area contributed by atoms with Crippen LogP contribution in [-0.2, 0) is 6.42 Å². The lowest BCUT2D eigenvalue weighted by atomic mass is 9.90. The van der Waals surface area contributed by atoms with E-state index in [9.17, 15) is 0 Å². The molecule has 0 amide bonds. The van der Waals surface area contributed by atoms with Crippen LogP contribution in [0.25, 0.3) is 0 Å². The highest BCUT2D eigenvalue weighted by Crippen LogP contribution is 2.36. The van der Waals surface area contributed by atoms with E-state index in [0.29, 0.717) is 11.8 Å². The number of rotatable bonds is 2. The van der Waals surface area contributed by atoms with Gasteiger partial charge in [-0.3, -0.25) is 0 Å². The minimum Gasteiger partial charge on any atom is -0.473 e. The van der Waals surface area contributed by atoms with Gasteiger partial charge in [0.15, 0.2) is 0 Å². The van der Waals surface area contributed by atoms with E-state index in [1.165, 1.54) is 18.4 Å². The molecule has 0 aromatic carbocycles. The van der Waals surface area contributed by atoms with Gasteiger partial charge in [0, 0.05) is 5.92 Å². The minimum absolute atomic E-state index is 0.168. The highest BCUT2D eigenvalue weighted by molar-refractivity contribution is 5.32. The molecule has 1 aliphatic carbocycles. The second-order valence-electron chi connectivity index (χ2n) is 4.29. The second-order valence-corrected chi connectivity index (χ2v) is 4.29. The Bertz CT molecular complexity index is 317. The monoisotopic (exact) mass is 195 g/mol. The highest BCUT2D eigenvalue weighted by Gasteiger charge is 2.26. The molecule has 0 saturated carbocycles. The van der Waals surface area contributed by atoms with Gasteiger partial charge in [-0.25, -0.2) is 0 Å². The molecule has 1 aromatic rings. The van der Waals surface area contributed by atoms with Crippen molar-refractivity contribution in [3.63, 3.8) is 0 Å². The summed E-state index contributed by atoms with van der Waals surface area (Å²) in [5.74, 6) is 2.24. The lowest BCUT2D eigenvalue weighted by molar-refractivity contribution is 0.215. The molecule has 1 aliphatic rings. The van der Waals surface area contributed by atoms with Gasteiger partial charge < -0.3 is 9.26 Å². The zero-order valence-corrected chi connectivity index (χ0v) is 9.04. The summed E-state index contributed by atoms with van der Waals surface area (Å²) in [7, 11) is 0. The molecule has 0 N–H and O–H groups in total. The Morgan fingerprint density at radius 3 is 3.00 bits per heavy atom. The molecule has 1 unspecified atom stereocenters. The SMILES string of the molecule is CC(C)Oc1noc2c1CCCC2C. The third-order valence-electron chi connectivity index (χ3n) is 2.64. The van der Waals surface area contributed by atoms with E-state index in [2.05, 4.69) is 12.1 Å². The third-order valence-corrected chi connectivity index (χ3v) is 2.64. The number of nitrogens with zero attached hydrogens (tertiary/aromatic N) is 1. The van der Waals surface area contributed by atoms with Crippen LogP contribution in [0.1, 0.15) is 50.9 Å². The normalized spacial score (nSPS) is 21.0. The van der Waals surface area contributed by atoms with Crippen LogP contribution < -0.4 is 4.74 Å². The molecule has 1 atom stereocenters. The number of ether oxygens (including phenoxy) is 1. The van der Waals surface area contributed by atoms with E-state index >= 15 is 0 Å². The van der Waals surface area contributed by atoms with Gasteiger partial charge in [0.25, 0.3) is 5.88 Å². The van der Waals surface area contributed by atoms with Crippen molar-refractivity contribution in [2.45, 2.75) is 52.1 Å². The van der Waals surface area contributed by atoms with Gasteiger partial charge in [0.05, 0.1) is 11.7 Å². The summed E-state index contributed by atoms with van der Waals surface area (Å²) in [6, 6.07) is 0. The summed E-state index contributed by atoms with van der Waals surface area (Å²) in [4.78, 5) is 0. The van der Waals surface area contributed by atoms with Gasteiger partial charge in [-0.15, -0.1) is 0 Å². The first kappa shape index (κ1) is 9.56. The highest BCUT2D eigenvalue weighted by atomic mass is 16.5. The Kier molecular flexibility index (Phi) is 2.48. The summed E-state index contributed by atoms with van der Waals surface area (Å²) in [5, 5.41) is 3.99. The Hall–Kier alpha value is -0.990. The molecule has 3 heteroatoms. The smallest absolute Gasteiger partial charge is 0.257 e. The van der Waals surface area contributed by atoms with Crippen LogP contribution in [0.4, 0.5) is 0 Å². The molecule has 1 heterocycles. The number of aromatic nitrogens is 1. The third kappa shape index (κ3) is 1.63. The van der Waals surface area contributed by atoms with Gasteiger partial charge in [-0.05, 0) is 38.3 Å². The average Bonchev–Trinajstić information content (AvgIpc) is 2.49. The molecular formula is C11H17NO2. The summed E-state index contributed by atoms with van der Waals surface area (Å²) in [5.41, 5.74) is 1.19. The fourth-order valence-corrected chi connectivity index (χ4v) is 1.96. The zero-order valence-electron chi connectivity index (χ0n) is 9.04. The molecule has 0 spiro atoms. The predicted octanol–water partition coefficient (Wildman–Crippen LogP) is 2.90.